The maximum Gasteiger partial charge on any atom is 0.251 e. The van der Waals surface area contributed by atoms with Gasteiger partial charge in [-0.1, -0.05) is 48.0 Å². The van der Waals surface area contributed by atoms with Gasteiger partial charge in [-0.2, -0.15) is 0 Å². The molecule has 0 unspecified atom stereocenters. The Hall–Kier alpha value is -3.27. The van der Waals surface area contributed by atoms with E-state index in [1.807, 2.05) is 80.6 Å². The second-order valence-corrected chi connectivity index (χ2v) is 6.53. The quantitative estimate of drug-likeness (QED) is 0.609. The highest BCUT2D eigenvalue weighted by Gasteiger charge is 2.11. The Morgan fingerprint density at radius 1 is 0.929 bits per heavy atom. The fourth-order valence-corrected chi connectivity index (χ4v) is 2.81. The molecule has 0 aliphatic rings. The monoisotopic (exact) mass is 375 g/mol. The molecule has 0 fully saturated rings. The van der Waals surface area contributed by atoms with E-state index in [-0.39, 0.29) is 5.91 Å². The van der Waals surface area contributed by atoms with E-state index >= 15 is 0 Å². The van der Waals surface area contributed by atoms with Crippen molar-refractivity contribution in [2.75, 3.05) is 6.61 Å². The van der Waals surface area contributed by atoms with Crippen molar-refractivity contribution < 1.29 is 14.3 Å². The van der Waals surface area contributed by atoms with Crippen molar-refractivity contribution in [3.8, 4) is 11.5 Å². The summed E-state index contributed by atoms with van der Waals surface area (Å²) in [6.45, 7) is 5.34. The van der Waals surface area contributed by atoms with Crippen LogP contribution in [0.1, 0.15) is 34.0 Å². The average Bonchev–Trinajstić information content (AvgIpc) is 2.73. The number of benzene rings is 3. The molecule has 1 N–H and O–H groups in total. The van der Waals surface area contributed by atoms with E-state index in [0.29, 0.717) is 25.3 Å². The lowest BCUT2D eigenvalue weighted by molar-refractivity contribution is 0.0950. The lowest BCUT2D eigenvalue weighted by Crippen LogP contribution is -2.23. The van der Waals surface area contributed by atoms with Crippen molar-refractivity contribution in [2.45, 2.75) is 27.0 Å². The Bertz CT molecular complexity index is 905. The van der Waals surface area contributed by atoms with Crippen LogP contribution in [0.5, 0.6) is 11.5 Å². The third kappa shape index (κ3) is 5.36. The molecular weight excluding hydrogens is 350 g/mol. The molecule has 28 heavy (non-hydrogen) atoms. The van der Waals surface area contributed by atoms with Gasteiger partial charge >= 0.3 is 0 Å². The first-order valence-electron chi connectivity index (χ1n) is 9.43. The highest BCUT2D eigenvalue weighted by molar-refractivity contribution is 5.94. The Morgan fingerprint density at radius 3 is 2.39 bits per heavy atom. The van der Waals surface area contributed by atoms with Gasteiger partial charge in [-0.25, -0.2) is 0 Å². The van der Waals surface area contributed by atoms with E-state index in [1.54, 1.807) is 6.07 Å². The first-order valence-corrected chi connectivity index (χ1v) is 9.43. The van der Waals surface area contributed by atoms with Gasteiger partial charge < -0.3 is 14.8 Å². The highest BCUT2D eigenvalue weighted by Crippen LogP contribution is 2.23. The molecule has 0 saturated heterocycles. The molecule has 0 heterocycles. The summed E-state index contributed by atoms with van der Waals surface area (Å²) in [6.07, 6.45) is 0. The smallest absolute Gasteiger partial charge is 0.251 e. The van der Waals surface area contributed by atoms with E-state index in [0.717, 1.165) is 22.6 Å². The van der Waals surface area contributed by atoms with Crippen molar-refractivity contribution in [3.63, 3.8) is 0 Å². The van der Waals surface area contributed by atoms with Crippen LogP contribution in [-0.2, 0) is 13.2 Å². The second-order valence-electron chi connectivity index (χ2n) is 6.53. The largest absolute Gasteiger partial charge is 0.493 e. The zero-order valence-corrected chi connectivity index (χ0v) is 16.3. The van der Waals surface area contributed by atoms with Gasteiger partial charge in [0.2, 0.25) is 0 Å². The molecule has 0 aliphatic heterocycles. The average molecular weight is 375 g/mol. The van der Waals surface area contributed by atoms with E-state index in [2.05, 4.69) is 5.32 Å². The number of carbonyl (C=O) groups is 1. The first kappa shape index (κ1) is 19.5. The van der Waals surface area contributed by atoms with Crippen LogP contribution in [0.25, 0.3) is 0 Å². The highest BCUT2D eigenvalue weighted by atomic mass is 16.5. The third-order valence-electron chi connectivity index (χ3n) is 4.33. The van der Waals surface area contributed by atoms with Gasteiger partial charge in [0.05, 0.1) is 6.61 Å². The summed E-state index contributed by atoms with van der Waals surface area (Å²) >= 11 is 0. The van der Waals surface area contributed by atoms with Crippen LogP contribution in [0.2, 0.25) is 0 Å². The molecule has 0 bridgehead atoms. The Balaban J connectivity index is 1.70. The number of aryl methyl sites for hydroxylation is 1. The number of hydrogen-bond acceptors (Lipinski definition) is 3. The Labute approximate surface area is 166 Å². The Morgan fingerprint density at radius 2 is 1.68 bits per heavy atom. The summed E-state index contributed by atoms with van der Waals surface area (Å²) in [7, 11) is 0. The minimum absolute atomic E-state index is 0.122. The predicted molar refractivity (Wildman–Crippen MR) is 111 cm³/mol. The van der Waals surface area contributed by atoms with E-state index in [9.17, 15) is 4.79 Å². The van der Waals surface area contributed by atoms with Gasteiger partial charge in [-0.3, -0.25) is 4.79 Å². The van der Waals surface area contributed by atoms with Gasteiger partial charge in [-0.15, -0.1) is 0 Å². The van der Waals surface area contributed by atoms with Crippen LogP contribution < -0.4 is 14.8 Å². The maximum atomic E-state index is 12.6. The van der Waals surface area contributed by atoms with Gasteiger partial charge in [0.25, 0.3) is 5.91 Å². The standard InChI is InChI=1S/C24H25NO3/c1-3-27-23-14-11-20(24(26)25-16-19-7-5-4-6-8-19)15-21(23)17-28-22-12-9-18(2)10-13-22/h4-15H,3,16-17H2,1-2H3,(H,25,26). The molecular formula is C24H25NO3. The molecule has 0 saturated carbocycles. The zero-order valence-electron chi connectivity index (χ0n) is 16.3. The van der Waals surface area contributed by atoms with Crippen LogP contribution in [0.15, 0.2) is 72.8 Å². The van der Waals surface area contributed by atoms with E-state index < -0.39 is 0 Å². The normalized spacial score (nSPS) is 10.4. The molecule has 1 amide bonds. The predicted octanol–water partition coefficient (Wildman–Crippen LogP) is 4.90. The molecule has 0 atom stereocenters. The molecule has 3 aromatic rings. The van der Waals surface area contributed by atoms with E-state index in [4.69, 9.17) is 9.47 Å². The fourth-order valence-electron chi connectivity index (χ4n) is 2.81. The molecule has 0 radical (unpaired) electrons. The van der Waals surface area contributed by atoms with Crippen LogP contribution in [0.3, 0.4) is 0 Å². The number of carbonyl (C=O) groups excluding carboxylic acids is 1. The van der Waals surface area contributed by atoms with Crippen LogP contribution in [-0.4, -0.2) is 12.5 Å². The van der Waals surface area contributed by atoms with Crippen molar-refractivity contribution in [1.82, 2.24) is 5.32 Å². The summed E-state index contributed by atoms with van der Waals surface area (Å²) in [5, 5.41) is 2.95. The SMILES string of the molecule is CCOc1ccc(C(=O)NCc2ccccc2)cc1COc1ccc(C)cc1. The van der Waals surface area contributed by atoms with Gasteiger partial charge in [-0.05, 0) is 49.7 Å². The van der Waals surface area contributed by atoms with Crippen LogP contribution >= 0.6 is 0 Å². The number of amides is 1. The molecule has 4 nitrogen and oxygen atoms in total. The third-order valence-corrected chi connectivity index (χ3v) is 4.33. The summed E-state index contributed by atoms with van der Waals surface area (Å²) in [5.74, 6) is 1.39. The van der Waals surface area contributed by atoms with Crippen molar-refractivity contribution >= 4 is 5.91 Å². The van der Waals surface area contributed by atoms with Crippen molar-refractivity contribution in [2.24, 2.45) is 0 Å². The van der Waals surface area contributed by atoms with Gasteiger partial charge in [0.1, 0.15) is 18.1 Å². The summed E-state index contributed by atoms with van der Waals surface area (Å²) in [4.78, 5) is 12.6. The van der Waals surface area contributed by atoms with Gasteiger partial charge in [0, 0.05) is 17.7 Å². The zero-order chi connectivity index (χ0) is 19.8. The number of hydrogen-bond donors (Lipinski definition) is 1. The number of nitrogens with one attached hydrogen (secondary N) is 1. The minimum atomic E-state index is -0.122. The van der Waals surface area contributed by atoms with Crippen molar-refractivity contribution in [3.05, 3.63) is 95.1 Å². The molecule has 0 aliphatic carbocycles. The molecule has 0 spiro atoms. The number of ether oxygens (including phenoxy) is 2. The van der Waals surface area contributed by atoms with Crippen LogP contribution in [0, 0.1) is 6.92 Å². The van der Waals surface area contributed by atoms with Crippen LogP contribution in [0.4, 0.5) is 0 Å². The second kappa shape index (κ2) is 9.60. The topological polar surface area (TPSA) is 47.6 Å². The molecule has 4 heteroatoms. The maximum absolute atomic E-state index is 12.6. The molecule has 3 rings (SSSR count). The summed E-state index contributed by atoms with van der Waals surface area (Å²) < 4.78 is 11.6. The lowest BCUT2D eigenvalue weighted by atomic mass is 10.1. The molecule has 3 aromatic carbocycles. The van der Waals surface area contributed by atoms with Crippen molar-refractivity contribution in [1.29, 1.82) is 0 Å². The lowest BCUT2D eigenvalue weighted by Gasteiger charge is -2.14. The van der Waals surface area contributed by atoms with Gasteiger partial charge in [0.15, 0.2) is 0 Å². The first-order chi connectivity index (χ1) is 13.7. The Kier molecular flexibility index (Phi) is 6.68. The van der Waals surface area contributed by atoms with E-state index in [1.165, 1.54) is 5.56 Å². The molecule has 0 aromatic heterocycles. The minimum Gasteiger partial charge on any atom is -0.493 e. The molecule has 144 valence electrons. The summed E-state index contributed by atoms with van der Waals surface area (Å²) in [5.41, 5.74) is 3.67. The summed E-state index contributed by atoms with van der Waals surface area (Å²) in [6, 6.07) is 23.2. The number of rotatable bonds is 8. The fraction of sp³-hybridized carbons (Fsp3) is 0.208.